The maximum Gasteiger partial charge on any atom is 0.264 e. The van der Waals surface area contributed by atoms with E-state index in [2.05, 4.69) is 0 Å². The molecule has 0 aromatic rings. The van der Waals surface area contributed by atoms with Crippen LogP contribution in [0.1, 0.15) is 6.42 Å². The Bertz CT molecular complexity index is 77.7. The SMILES string of the molecule is Cl.Cl.NC1CC1(F)F. The van der Waals surface area contributed by atoms with Crippen LogP contribution >= 0.6 is 24.8 Å². The Morgan fingerprint density at radius 2 is 1.50 bits per heavy atom. The average molecular weight is 166 g/mol. The maximum absolute atomic E-state index is 11.4. The van der Waals surface area contributed by atoms with E-state index in [0.29, 0.717) is 0 Å². The van der Waals surface area contributed by atoms with Crippen LogP contribution in [0.25, 0.3) is 0 Å². The molecule has 0 amide bonds. The predicted molar refractivity (Wildman–Crippen MR) is 32.0 cm³/mol. The van der Waals surface area contributed by atoms with Gasteiger partial charge in [0.15, 0.2) is 0 Å². The first kappa shape index (κ1) is 11.2. The third kappa shape index (κ3) is 2.11. The monoisotopic (exact) mass is 165 g/mol. The van der Waals surface area contributed by atoms with Crippen LogP contribution in [0.3, 0.4) is 0 Å². The van der Waals surface area contributed by atoms with Crippen LogP contribution in [0, 0.1) is 0 Å². The third-order valence-electron chi connectivity index (χ3n) is 0.874. The number of hydrogen-bond donors (Lipinski definition) is 1. The van der Waals surface area contributed by atoms with Gasteiger partial charge in [-0.3, -0.25) is 0 Å². The topological polar surface area (TPSA) is 26.0 Å². The van der Waals surface area contributed by atoms with Crippen molar-refractivity contribution in [1.29, 1.82) is 0 Å². The molecule has 0 aromatic carbocycles. The molecule has 1 saturated carbocycles. The molecule has 5 heteroatoms. The molecule has 8 heavy (non-hydrogen) atoms. The molecular weight excluding hydrogens is 159 g/mol. The van der Waals surface area contributed by atoms with Crippen LogP contribution in [0.4, 0.5) is 8.78 Å². The predicted octanol–water partition coefficient (Wildman–Crippen LogP) is 1.20. The summed E-state index contributed by atoms with van der Waals surface area (Å²) in [6, 6.07) is -0.836. The molecule has 52 valence electrons. The molecule has 1 nitrogen and oxygen atoms in total. The van der Waals surface area contributed by atoms with E-state index in [4.69, 9.17) is 5.73 Å². The highest BCUT2D eigenvalue weighted by atomic mass is 35.5. The second-order valence-corrected chi connectivity index (χ2v) is 1.57. The number of halogens is 4. The molecule has 1 aliphatic rings. The van der Waals surface area contributed by atoms with Crippen LogP contribution in [-0.4, -0.2) is 12.0 Å². The molecule has 0 bridgehead atoms. The minimum Gasteiger partial charge on any atom is -0.322 e. The Balaban J connectivity index is 0. The third-order valence-corrected chi connectivity index (χ3v) is 0.874. The van der Waals surface area contributed by atoms with E-state index in [0.717, 1.165) is 0 Å². The molecule has 0 spiro atoms. The summed E-state index contributed by atoms with van der Waals surface area (Å²) < 4.78 is 22.8. The van der Waals surface area contributed by atoms with E-state index < -0.39 is 12.0 Å². The second-order valence-electron chi connectivity index (χ2n) is 1.57. The van der Waals surface area contributed by atoms with Crippen molar-refractivity contribution in [2.45, 2.75) is 18.4 Å². The summed E-state index contributed by atoms with van der Waals surface area (Å²) in [6.07, 6.45) is -0.118. The summed E-state index contributed by atoms with van der Waals surface area (Å²) in [7, 11) is 0. The van der Waals surface area contributed by atoms with Gasteiger partial charge < -0.3 is 5.73 Å². The number of alkyl halides is 2. The Labute approximate surface area is 58.4 Å². The lowest BCUT2D eigenvalue weighted by Crippen LogP contribution is -2.08. The number of rotatable bonds is 0. The van der Waals surface area contributed by atoms with Gasteiger partial charge in [0.25, 0.3) is 5.92 Å². The molecule has 0 heterocycles. The van der Waals surface area contributed by atoms with Crippen LogP contribution in [-0.2, 0) is 0 Å². The van der Waals surface area contributed by atoms with Gasteiger partial charge in [0.2, 0.25) is 0 Å². The molecule has 1 atom stereocenters. The van der Waals surface area contributed by atoms with Crippen LogP contribution in [0.2, 0.25) is 0 Å². The van der Waals surface area contributed by atoms with E-state index in [9.17, 15) is 8.78 Å². The van der Waals surface area contributed by atoms with Crippen molar-refractivity contribution in [3.8, 4) is 0 Å². The zero-order valence-corrected chi connectivity index (χ0v) is 5.57. The average Bonchev–Trinajstić information content (AvgIpc) is 1.73. The van der Waals surface area contributed by atoms with Crippen LogP contribution < -0.4 is 5.73 Å². The van der Waals surface area contributed by atoms with Crippen LogP contribution in [0.15, 0.2) is 0 Å². The summed E-state index contributed by atoms with van der Waals surface area (Å²) in [6.45, 7) is 0. The molecule has 1 rings (SSSR count). The lowest BCUT2D eigenvalue weighted by Gasteiger charge is -1.82. The molecule has 1 fully saturated rings. The largest absolute Gasteiger partial charge is 0.322 e. The Hall–Kier alpha value is 0.400. The lowest BCUT2D eigenvalue weighted by atomic mass is 10.7. The van der Waals surface area contributed by atoms with Crippen molar-refractivity contribution >= 4 is 24.8 Å². The molecule has 1 aliphatic carbocycles. The molecule has 0 saturated heterocycles. The minimum absolute atomic E-state index is 0. The molecular formula is C3H7Cl2F2N. The molecule has 2 N–H and O–H groups in total. The van der Waals surface area contributed by atoms with E-state index in [-0.39, 0.29) is 31.2 Å². The first-order chi connectivity index (χ1) is 2.63. The van der Waals surface area contributed by atoms with Gasteiger partial charge in [-0.05, 0) is 0 Å². The lowest BCUT2D eigenvalue weighted by molar-refractivity contribution is 0.113. The normalized spacial score (nSPS) is 29.6. The Morgan fingerprint density at radius 1 is 1.38 bits per heavy atom. The molecule has 0 aliphatic heterocycles. The van der Waals surface area contributed by atoms with Crippen molar-refractivity contribution < 1.29 is 8.78 Å². The highest BCUT2D eigenvalue weighted by Crippen LogP contribution is 2.39. The fraction of sp³-hybridized carbons (Fsp3) is 1.00. The van der Waals surface area contributed by atoms with Gasteiger partial charge in [-0.1, -0.05) is 0 Å². The van der Waals surface area contributed by atoms with Gasteiger partial charge in [-0.15, -0.1) is 24.8 Å². The van der Waals surface area contributed by atoms with Gasteiger partial charge in [0.1, 0.15) is 0 Å². The van der Waals surface area contributed by atoms with Crippen molar-refractivity contribution in [3.05, 3.63) is 0 Å². The van der Waals surface area contributed by atoms with E-state index >= 15 is 0 Å². The van der Waals surface area contributed by atoms with Crippen molar-refractivity contribution in [2.24, 2.45) is 5.73 Å². The fourth-order valence-electron chi connectivity index (χ4n) is 0.234. The minimum atomic E-state index is -2.51. The van der Waals surface area contributed by atoms with E-state index in [1.807, 2.05) is 0 Å². The molecule has 0 aromatic heterocycles. The maximum atomic E-state index is 11.4. The van der Waals surface area contributed by atoms with E-state index in [1.54, 1.807) is 0 Å². The highest BCUT2D eigenvalue weighted by Gasteiger charge is 2.54. The van der Waals surface area contributed by atoms with Gasteiger partial charge >= 0.3 is 0 Å². The van der Waals surface area contributed by atoms with Gasteiger partial charge in [0.05, 0.1) is 6.04 Å². The standard InChI is InChI=1S/C3H5F2N.2ClH/c4-3(5)1-2(3)6;;/h2H,1,6H2;2*1H. The first-order valence-electron chi connectivity index (χ1n) is 1.76. The van der Waals surface area contributed by atoms with E-state index in [1.165, 1.54) is 0 Å². The number of nitrogens with two attached hydrogens (primary N) is 1. The summed E-state index contributed by atoms with van der Waals surface area (Å²) in [5.41, 5.74) is 4.75. The Morgan fingerprint density at radius 3 is 1.50 bits per heavy atom. The summed E-state index contributed by atoms with van der Waals surface area (Å²) >= 11 is 0. The van der Waals surface area contributed by atoms with Crippen molar-refractivity contribution in [1.82, 2.24) is 0 Å². The van der Waals surface area contributed by atoms with Crippen molar-refractivity contribution in [3.63, 3.8) is 0 Å². The zero-order chi connectivity index (χ0) is 4.78. The Kier molecular flexibility index (Phi) is 3.93. The molecule has 0 radical (unpaired) electrons. The zero-order valence-electron chi connectivity index (χ0n) is 3.93. The quantitative estimate of drug-likeness (QED) is 0.574. The van der Waals surface area contributed by atoms with Crippen LogP contribution in [0.5, 0.6) is 0 Å². The summed E-state index contributed by atoms with van der Waals surface area (Å²) in [4.78, 5) is 0. The number of hydrogen-bond acceptors (Lipinski definition) is 1. The highest BCUT2D eigenvalue weighted by molar-refractivity contribution is 5.85. The van der Waals surface area contributed by atoms with Gasteiger partial charge in [-0.2, -0.15) is 0 Å². The molecule has 1 unspecified atom stereocenters. The van der Waals surface area contributed by atoms with Gasteiger partial charge in [-0.25, -0.2) is 8.78 Å². The summed E-state index contributed by atoms with van der Waals surface area (Å²) in [5.74, 6) is -2.51. The second kappa shape index (κ2) is 2.80. The first-order valence-corrected chi connectivity index (χ1v) is 1.76. The smallest absolute Gasteiger partial charge is 0.264 e. The van der Waals surface area contributed by atoms with Gasteiger partial charge in [0, 0.05) is 6.42 Å². The van der Waals surface area contributed by atoms with Crippen molar-refractivity contribution in [2.75, 3.05) is 0 Å². The summed E-state index contributed by atoms with van der Waals surface area (Å²) in [5, 5.41) is 0. The fourth-order valence-corrected chi connectivity index (χ4v) is 0.234.